The van der Waals surface area contributed by atoms with E-state index in [1.54, 1.807) is 0 Å². The zero-order valence-electron chi connectivity index (χ0n) is 37.0. The molecule has 0 bridgehead atoms. The normalized spacial score (nSPS) is 12.1. The second kappa shape index (κ2) is 15.0. The number of benzene rings is 10. The summed E-state index contributed by atoms with van der Waals surface area (Å²) in [6, 6.07) is 80.6. The van der Waals surface area contributed by atoms with Gasteiger partial charge in [-0.1, -0.05) is 103 Å². The van der Waals surface area contributed by atoms with Gasteiger partial charge in [-0.15, -0.1) is 22.7 Å². The van der Waals surface area contributed by atoms with Crippen molar-refractivity contribution < 1.29 is 0 Å². The topological polar surface area (TPSA) is 26.0 Å². The van der Waals surface area contributed by atoms with E-state index in [4.69, 9.17) is 0 Å². The lowest BCUT2D eigenvalue weighted by Gasteiger charge is -2.26. The molecule has 0 fully saturated rings. The number of nitrogens with zero attached hydrogens (tertiary/aromatic N) is 4. The van der Waals surface area contributed by atoms with Gasteiger partial charge >= 0.3 is 0 Å². The molecular formula is C63H38N4S2. The zero-order valence-corrected chi connectivity index (χ0v) is 38.7. The monoisotopic (exact) mass is 914 g/mol. The summed E-state index contributed by atoms with van der Waals surface area (Å²) < 4.78 is 10.0. The SMILES string of the molecule is c1ccc(-n2c3ccc(-c4ccc(N(c5ccc(-n6c7ccccc7c7cnccc76)cc5)c5ccc6sc7ccccc7c6c5)cc4)cc3c3cc4ccc5c6ccccc6sc5c4cc32)cc1. The highest BCUT2D eigenvalue weighted by Crippen LogP contribution is 2.45. The molecule has 0 unspecified atom stereocenters. The van der Waals surface area contributed by atoms with Crippen molar-refractivity contribution in [2.24, 2.45) is 0 Å². The minimum absolute atomic E-state index is 1.09. The van der Waals surface area contributed by atoms with Gasteiger partial charge in [0.2, 0.25) is 0 Å². The fourth-order valence-corrected chi connectivity index (χ4v) is 13.3. The molecule has 69 heavy (non-hydrogen) atoms. The predicted molar refractivity (Wildman–Crippen MR) is 296 cm³/mol. The number of thiophene rings is 2. The third-order valence-corrected chi connectivity index (χ3v) is 16.5. The van der Waals surface area contributed by atoms with Crippen molar-refractivity contribution in [2.45, 2.75) is 0 Å². The first-order valence-corrected chi connectivity index (χ1v) is 25.0. The molecule has 0 aliphatic carbocycles. The maximum Gasteiger partial charge on any atom is 0.0571 e. The molecule has 0 aliphatic rings. The van der Waals surface area contributed by atoms with Gasteiger partial charge in [0, 0.05) is 108 Å². The molecule has 4 nitrogen and oxygen atoms in total. The Balaban J connectivity index is 0.867. The van der Waals surface area contributed by atoms with Crippen LogP contribution in [0, 0.1) is 0 Å². The van der Waals surface area contributed by atoms with Crippen LogP contribution in [0.15, 0.2) is 231 Å². The van der Waals surface area contributed by atoms with Crippen LogP contribution >= 0.6 is 22.7 Å². The Morgan fingerprint density at radius 2 is 0.942 bits per heavy atom. The Hall–Kier alpha value is -8.55. The van der Waals surface area contributed by atoms with E-state index in [1.165, 1.54) is 95.0 Å². The average molecular weight is 915 g/mol. The molecule has 0 saturated heterocycles. The number of pyridine rings is 1. The fourth-order valence-electron chi connectivity index (χ4n) is 11.0. The van der Waals surface area contributed by atoms with Crippen LogP contribution in [0.5, 0.6) is 0 Å². The standard InChI is InChI=1S/C63H38N4S2/c1-2-10-42(11-3-1)67-57-30-21-40(34-52(57)53-35-41-20-29-50-48-13-5-9-17-61(48)69-63(50)51(41)37-59(53)67)39-18-22-43(23-19-39)65(46-28-31-62-54(36-46)49-14-6-8-16-60(49)68-62)44-24-26-45(27-25-44)66-56-15-7-4-12-47(56)55-38-64-33-32-58(55)66/h1-38H. The van der Waals surface area contributed by atoms with Crippen molar-refractivity contribution >= 4 is 134 Å². The van der Waals surface area contributed by atoms with Gasteiger partial charge in [0.25, 0.3) is 0 Å². The first-order chi connectivity index (χ1) is 34.2. The highest BCUT2D eigenvalue weighted by atomic mass is 32.1. The Bertz CT molecular complexity index is 4480. The molecule has 0 N–H and O–H groups in total. The Morgan fingerprint density at radius 3 is 1.77 bits per heavy atom. The van der Waals surface area contributed by atoms with Gasteiger partial charge in [-0.3, -0.25) is 4.98 Å². The van der Waals surface area contributed by atoms with Crippen LogP contribution < -0.4 is 4.90 Å². The molecule has 10 aromatic carbocycles. The van der Waals surface area contributed by atoms with E-state index in [0.29, 0.717) is 0 Å². The Labute approximate surface area is 404 Å². The summed E-state index contributed by atoms with van der Waals surface area (Å²) in [6.45, 7) is 0. The Morgan fingerprint density at radius 1 is 0.333 bits per heavy atom. The molecule has 5 aromatic heterocycles. The molecule has 322 valence electrons. The van der Waals surface area contributed by atoms with Gasteiger partial charge in [-0.2, -0.15) is 0 Å². The number of rotatable bonds is 6. The van der Waals surface area contributed by atoms with Crippen LogP contribution in [0.2, 0.25) is 0 Å². The van der Waals surface area contributed by atoms with E-state index in [9.17, 15) is 0 Å². The van der Waals surface area contributed by atoms with Crippen molar-refractivity contribution in [3.8, 4) is 22.5 Å². The lowest BCUT2D eigenvalue weighted by Crippen LogP contribution is -2.10. The van der Waals surface area contributed by atoms with Crippen LogP contribution in [0.1, 0.15) is 0 Å². The molecule has 0 radical (unpaired) electrons. The average Bonchev–Trinajstić information content (AvgIpc) is 4.16. The molecular weight excluding hydrogens is 877 g/mol. The van der Waals surface area contributed by atoms with E-state index < -0.39 is 0 Å². The number of hydrogen-bond acceptors (Lipinski definition) is 4. The van der Waals surface area contributed by atoms with Crippen LogP contribution in [0.4, 0.5) is 17.1 Å². The molecule has 6 heteroatoms. The van der Waals surface area contributed by atoms with Gasteiger partial charge in [-0.25, -0.2) is 0 Å². The first kappa shape index (κ1) is 38.5. The van der Waals surface area contributed by atoms with E-state index in [1.807, 2.05) is 35.1 Å². The lowest BCUT2D eigenvalue weighted by molar-refractivity contribution is 1.17. The molecule has 0 aliphatic heterocycles. The Kier molecular flexibility index (Phi) is 8.37. The summed E-state index contributed by atoms with van der Waals surface area (Å²) in [6.07, 6.45) is 3.86. The van der Waals surface area contributed by atoms with Gasteiger partial charge in [0.1, 0.15) is 0 Å². The number of aromatic nitrogens is 3. The molecule has 0 spiro atoms. The molecule has 5 heterocycles. The summed E-state index contributed by atoms with van der Waals surface area (Å²) in [5.41, 5.74) is 12.6. The maximum atomic E-state index is 4.48. The summed E-state index contributed by atoms with van der Waals surface area (Å²) in [5, 5.41) is 12.6. The minimum atomic E-state index is 1.09. The van der Waals surface area contributed by atoms with Crippen LogP contribution in [0.3, 0.4) is 0 Å². The largest absolute Gasteiger partial charge is 0.310 e. The van der Waals surface area contributed by atoms with Gasteiger partial charge in [0.05, 0.1) is 22.1 Å². The van der Waals surface area contributed by atoms with Gasteiger partial charge in [-0.05, 0) is 132 Å². The first-order valence-electron chi connectivity index (χ1n) is 23.3. The molecule has 0 amide bonds. The van der Waals surface area contributed by atoms with E-state index in [0.717, 1.165) is 39.3 Å². The minimum Gasteiger partial charge on any atom is -0.310 e. The molecule has 0 saturated carbocycles. The number of anilines is 3. The summed E-state index contributed by atoms with van der Waals surface area (Å²) >= 11 is 3.75. The van der Waals surface area contributed by atoms with Crippen molar-refractivity contribution in [3.05, 3.63) is 231 Å². The maximum absolute atomic E-state index is 4.48. The van der Waals surface area contributed by atoms with Crippen LogP contribution in [-0.4, -0.2) is 14.1 Å². The summed E-state index contributed by atoms with van der Waals surface area (Å²) in [4.78, 5) is 6.87. The fraction of sp³-hybridized carbons (Fsp3) is 0. The smallest absolute Gasteiger partial charge is 0.0571 e. The summed E-state index contributed by atoms with van der Waals surface area (Å²) in [7, 11) is 0. The van der Waals surface area contributed by atoms with Crippen molar-refractivity contribution in [1.29, 1.82) is 0 Å². The van der Waals surface area contributed by atoms with E-state index in [-0.39, 0.29) is 0 Å². The molecule has 15 aromatic rings. The van der Waals surface area contributed by atoms with Gasteiger partial charge in [0.15, 0.2) is 0 Å². The second-order valence-electron chi connectivity index (χ2n) is 18.0. The quantitative estimate of drug-likeness (QED) is 0.166. The summed E-state index contributed by atoms with van der Waals surface area (Å²) in [5.74, 6) is 0. The second-order valence-corrected chi connectivity index (χ2v) is 20.1. The predicted octanol–water partition coefficient (Wildman–Crippen LogP) is 18.3. The third-order valence-electron chi connectivity index (χ3n) is 14.2. The van der Waals surface area contributed by atoms with Crippen LogP contribution in [-0.2, 0) is 0 Å². The lowest BCUT2D eigenvalue weighted by atomic mass is 10.0. The van der Waals surface area contributed by atoms with E-state index in [2.05, 4.69) is 237 Å². The third kappa shape index (κ3) is 5.89. The zero-order chi connectivity index (χ0) is 45.2. The highest BCUT2D eigenvalue weighted by Gasteiger charge is 2.20. The van der Waals surface area contributed by atoms with Gasteiger partial charge < -0.3 is 14.0 Å². The van der Waals surface area contributed by atoms with Crippen molar-refractivity contribution in [2.75, 3.05) is 4.90 Å². The number of para-hydroxylation sites is 2. The van der Waals surface area contributed by atoms with Crippen molar-refractivity contribution in [1.82, 2.24) is 14.1 Å². The molecule has 0 atom stereocenters. The van der Waals surface area contributed by atoms with E-state index >= 15 is 0 Å². The number of fused-ring (bicyclic) bond motifs is 14. The van der Waals surface area contributed by atoms with Crippen molar-refractivity contribution in [3.63, 3.8) is 0 Å². The molecule has 15 rings (SSSR count). The number of hydrogen-bond donors (Lipinski definition) is 0. The van der Waals surface area contributed by atoms with Crippen LogP contribution in [0.25, 0.3) is 117 Å². The highest BCUT2D eigenvalue weighted by molar-refractivity contribution is 7.26.